The van der Waals surface area contributed by atoms with E-state index in [1.807, 2.05) is 0 Å². The molecule has 1 heterocycles. The minimum atomic E-state index is -0.647. The third-order valence-corrected chi connectivity index (χ3v) is 2.29. The second kappa shape index (κ2) is 2.86. The van der Waals surface area contributed by atoms with Gasteiger partial charge in [0, 0.05) is 5.92 Å². The molecule has 66 valence electrons. The average molecular weight is 168 g/mol. The maximum absolute atomic E-state index is 9.11. The summed E-state index contributed by atoms with van der Waals surface area (Å²) in [5, 5.41) is 12.9. The number of nitrogens with zero attached hydrogens (tertiary/aromatic N) is 2. The molecule has 0 amide bonds. The Morgan fingerprint density at radius 1 is 1.58 bits per heavy atom. The number of aliphatic hydroxyl groups excluding tert-OH is 1. The van der Waals surface area contributed by atoms with E-state index in [1.54, 1.807) is 6.92 Å². The zero-order valence-corrected chi connectivity index (χ0v) is 7.03. The molecule has 4 heteroatoms. The third kappa shape index (κ3) is 1.22. The van der Waals surface area contributed by atoms with E-state index in [4.69, 9.17) is 9.63 Å². The first-order valence-corrected chi connectivity index (χ1v) is 4.29. The minimum Gasteiger partial charge on any atom is -0.384 e. The Labute approximate surface area is 70.6 Å². The van der Waals surface area contributed by atoms with Gasteiger partial charge < -0.3 is 9.63 Å². The lowest BCUT2D eigenvalue weighted by atomic mass is 9.85. The fraction of sp³-hybridized carbons (Fsp3) is 0.750. The van der Waals surface area contributed by atoms with Crippen molar-refractivity contribution in [1.29, 1.82) is 0 Å². The van der Waals surface area contributed by atoms with Crippen LogP contribution in [-0.2, 0) is 0 Å². The Bertz CT molecular complexity index is 266. The van der Waals surface area contributed by atoms with Crippen LogP contribution in [0.2, 0.25) is 0 Å². The van der Waals surface area contributed by atoms with Crippen LogP contribution in [0.5, 0.6) is 0 Å². The van der Waals surface area contributed by atoms with Crippen molar-refractivity contribution in [2.24, 2.45) is 0 Å². The van der Waals surface area contributed by atoms with Gasteiger partial charge in [0.1, 0.15) is 6.10 Å². The Balaban J connectivity index is 2.12. The Kier molecular flexibility index (Phi) is 1.84. The topological polar surface area (TPSA) is 59.2 Å². The summed E-state index contributed by atoms with van der Waals surface area (Å²) in [6.45, 7) is 1.62. The molecule has 0 bridgehead atoms. The summed E-state index contributed by atoms with van der Waals surface area (Å²) < 4.78 is 4.87. The van der Waals surface area contributed by atoms with Crippen LogP contribution in [0.3, 0.4) is 0 Å². The Hall–Kier alpha value is -0.900. The molecule has 4 nitrogen and oxygen atoms in total. The summed E-state index contributed by atoms with van der Waals surface area (Å²) in [5.74, 6) is 1.57. The van der Waals surface area contributed by atoms with Crippen molar-refractivity contribution in [1.82, 2.24) is 10.1 Å². The van der Waals surface area contributed by atoms with Gasteiger partial charge in [-0.15, -0.1) is 0 Å². The molecular formula is C8H12N2O2. The van der Waals surface area contributed by atoms with E-state index >= 15 is 0 Å². The van der Waals surface area contributed by atoms with Crippen molar-refractivity contribution in [2.45, 2.75) is 38.2 Å². The zero-order valence-electron chi connectivity index (χ0n) is 7.03. The SMILES string of the molecule is CC(O)c1nc(C2CCC2)no1. The average Bonchev–Trinajstić information content (AvgIpc) is 2.32. The number of hydrogen-bond acceptors (Lipinski definition) is 4. The Morgan fingerprint density at radius 3 is 2.75 bits per heavy atom. The van der Waals surface area contributed by atoms with Crippen molar-refractivity contribution in [3.8, 4) is 0 Å². The first-order valence-electron chi connectivity index (χ1n) is 4.29. The highest BCUT2D eigenvalue weighted by atomic mass is 16.5. The van der Waals surface area contributed by atoms with Crippen molar-refractivity contribution >= 4 is 0 Å². The number of hydrogen-bond donors (Lipinski definition) is 1. The van der Waals surface area contributed by atoms with Crippen molar-refractivity contribution in [2.75, 3.05) is 0 Å². The van der Waals surface area contributed by atoms with E-state index in [2.05, 4.69) is 10.1 Å². The van der Waals surface area contributed by atoms with Gasteiger partial charge in [-0.05, 0) is 19.8 Å². The van der Waals surface area contributed by atoms with Gasteiger partial charge in [-0.2, -0.15) is 4.98 Å². The first kappa shape index (κ1) is 7.73. The molecule has 1 saturated carbocycles. The van der Waals surface area contributed by atoms with Gasteiger partial charge in [-0.3, -0.25) is 0 Å². The minimum absolute atomic E-state index is 0.330. The van der Waals surface area contributed by atoms with Crippen molar-refractivity contribution < 1.29 is 9.63 Å². The van der Waals surface area contributed by atoms with Gasteiger partial charge in [-0.25, -0.2) is 0 Å². The molecule has 1 N–H and O–H groups in total. The van der Waals surface area contributed by atoms with Crippen LogP contribution in [-0.4, -0.2) is 15.2 Å². The van der Waals surface area contributed by atoms with Gasteiger partial charge >= 0.3 is 0 Å². The lowest BCUT2D eigenvalue weighted by molar-refractivity contribution is 0.151. The van der Waals surface area contributed by atoms with Crippen molar-refractivity contribution in [3.05, 3.63) is 11.7 Å². The zero-order chi connectivity index (χ0) is 8.55. The highest BCUT2D eigenvalue weighted by Crippen LogP contribution is 2.34. The molecule has 2 rings (SSSR count). The van der Waals surface area contributed by atoms with Crippen LogP contribution >= 0.6 is 0 Å². The molecule has 0 radical (unpaired) electrons. The molecule has 1 aromatic heterocycles. The van der Waals surface area contributed by atoms with E-state index in [0.717, 1.165) is 18.7 Å². The molecule has 0 spiro atoms. The molecule has 0 saturated heterocycles. The summed E-state index contributed by atoms with van der Waals surface area (Å²) in [6.07, 6.45) is 2.91. The van der Waals surface area contributed by atoms with Gasteiger partial charge in [0.05, 0.1) is 0 Å². The van der Waals surface area contributed by atoms with Crippen LogP contribution in [0.25, 0.3) is 0 Å². The smallest absolute Gasteiger partial charge is 0.255 e. The van der Waals surface area contributed by atoms with Gasteiger partial charge in [0.25, 0.3) is 5.89 Å². The molecule has 12 heavy (non-hydrogen) atoms. The van der Waals surface area contributed by atoms with Crippen LogP contribution < -0.4 is 0 Å². The maximum atomic E-state index is 9.11. The van der Waals surface area contributed by atoms with Crippen molar-refractivity contribution in [3.63, 3.8) is 0 Å². The van der Waals surface area contributed by atoms with E-state index in [9.17, 15) is 0 Å². The van der Waals surface area contributed by atoms with E-state index in [0.29, 0.717) is 11.8 Å². The van der Waals surface area contributed by atoms with Crippen LogP contribution in [0.1, 0.15) is 49.9 Å². The highest BCUT2D eigenvalue weighted by molar-refractivity contribution is 5.00. The maximum Gasteiger partial charge on any atom is 0.255 e. The quantitative estimate of drug-likeness (QED) is 0.724. The standard InChI is InChI=1S/C8H12N2O2/c1-5(11)8-9-7(10-12-8)6-3-2-4-6/h5-6,11H,2-4H2,1H3. The molecule has 0 aromatic carbocycles. The fourth-order valence-electron chi connectivity index (χ4n) is 1.25. The summed E-state index contributed by atoms with van der Waals surface area (Å²) in [6, 6.07) is 0. The van der Waals surface area contributed by atoms with Crippen LogP contribution in [0.15, 0.2) is 4.52 Å². The van der Waals surface area contributed by atoms with E-state index in [1.165, 1.54) is 6.42 Å². The van der Waals surface area contributed by atoms with Gasteiger partial charge in [-0.1, -0.05) is 11.6 Å². The predicted molar refractivity (Wildman–Crippen MR) is 41.5 cm³/mol. The third-order valence-electron chi connectivity index (χ3n) is 2.29. The summed E-state index contributed by atoms with van der Waals surface area (Å²) in [4.78, 5) is 4.10. The second-order valence-electron chi connectivity index (χ2n) is 3.29. The summed E-state index contributed by atoms with van der Waals surface area (Å²) >= 11 is 0. The highest BCUT2D eigenvalue weighted by Gasteiger charge is 2.25. The lowest BCUT2D eigenvalue weighted by Gasteiger charge is -2.20. The molecule has 1 aliphatic rings. The Morgan fingerprint density at radius 2 is 2.33 bits per heavy atom. The first-order chi connectivity index (χ1) is 5.77. The molecule has 0 aliphatic heterocycles. The monoisotopic (exact) mass is 168 g/mol. The molecule has 1 aliphatic carbocycles. The number of rotatable bonds is 2. The molecule has 1 unspecified atom stereocenters. The molecular weight excluding hydrogens is 156 g/mol. The predicted octanol–water partition coefficient (Wildman–Crippen LogP) is 1.39. The summed E-state index contributed by atoms with van der Waals surface area (Å²) in [7, 11) is 0. The van der Waals surface area contributed by atoms with E-state index < -0.39 is 6.10 Å². The molecule has 1 aromatic rings. The largest absolute Gasteiger partial charge is 0.384 e. The number of aromatic nitrogens is 2. The van der Waals surface area contributed by atoms with Gasteiger partial charge in [0.15, 0.2) is 5.82 Å². The number of aliphatic hydroxyl groups is 1. The van der Waals surface area contributed by atoms with Crippen LogP contribution in [0.4, 0.5) is 0 Å². The van der Waals surface area contributed by atoms with E-state index in [-0.39, 0.29) is 0 Å². The normalized spacial score (nSPS) is 20.5. The molecule has 1 fully saturated rings. The fourth-order valence-corrected chi connectivity index (χ4v) is 1.25. The lowest BCUT2D eigenvalue weighted by Crippen LogP contribution is -2.10. The second-order valence-corrected chi connectivity index (χ2v) is 3.29. The summed E-state index contributed by atoms with van der Waals surface area (Å²) in [5.41, 5.74) is 0. The van der Waals surface area contributed by atoms with Gasteiger partial charge in [0.2, 0.25) is 0 Å². The van der Waals surface area contributed by atoms with Crippen LogP contribution in [0, 0.1) is 0 Å². The molecule has 1 atom stereocenters.